The Morgan fingerprint density at radius 1 is 1.16 bits per heavy atom. The van der Waals surface area contributed by atoms with Gasteiger partial charge in [-0.25, -0.2) is 0 Å². The summed E-state index contributed by atoms with van der Waals surface area (Å²) in [4.78, 5) is 0. The van der Waals surface area contributed by atoms with Crippen LogP contribution in [0, 0.1) is 0 Å². The molecule has 0 saturated heterocycles. The van der Waals surface area contributed by atoms with Crippen LogP contribution in [0.2, 0.25) is 5.02 Å². The van der Waals surface area contributed by atoms with Crippen LogP contribution in [0.25, 0.3) is 0 Å². The molecule has 1 N–H and O–H groups in total. The number of rotatable bonds is 10. The fraction of sp³-hybridized carbons (Fsp3) is 0.571. The summed E-state index contributed by atoms with van der Waals surface area (Å²) in [6, 6.07) is 5.80. The fourth-order valence-corrected chi connectivity index (χ4v) is 1.85. The van der Waals surface area contributed by atoms with Crippen molar-refractivity contribution in [3.8, 4) is 5.75 Å². The van der Waals surface area contributed by atoms with E-state index < -0.39 is 0 Å². The zero-order valence-corrected chi connectivity index (χ0v) is 12.3. The Morgan fingerprint density at radius 3 is 2.68 bits per heavy atom. The minimum absolute atomic E-state index is 0.498. The van der Waals surface area contributed by atoms with E-state index in [1.807, 2.05) is 25.2 Å². The molecule has 0 radical (unpaired) electrons. The van der Waals surface area contributed by atoms with Crippen molar-refractivity contribution in [3.05, 3.63) is 28.8 Å². The van der Waals surface area contributed by atoms with E-state index in [1.165, 1.54) is 0 Å². The summed E-state index contributed by atoms with van der Waals surface area (Å²) in [5.41, 5.74) is 1.13. The van der Waals surface area contributed by atoms with Crippen LogP contribution in [-0.2, 0) is 16.0 Å². The molecule has 0 aliphatic carbocycles. The minimum Gasteiger partial charge on any atom is -0.490 e. The maximum absolute atomic E-state index is 6.14. The molecule has 0 aliphatic heterocycles. The average Bonchev–Trinajstić information content (AvgIpc) is 2.40. The first kappa shape index (κ1) is 16.2. The van der Waals surface area contributed by atoms with Crippen molar-refractivity contribution in [2.75, 3.05) is 40.6 Å². The summed E-state index contributed by atoms with van der Waals surface area (Å²) >= 11 is 6.14. The molecule has 4 nitrogen and oxygen atoms in total. The summed E-state index contributed by atoms with van der Waals surface area (Å²) in [5.74, 6) is 0.696. The van der Waals surface area contributed by atoms with Crippen LogP contribution in [0.1, 0.15) is 12.0 Å². The highest BCUT2D eigenvalue weighted by Gasteiger charge is 2.02. The molecule has 1 rings (SSSR count). The van der Waals surface area contributed by atoms with Crippen molar-refractivity contribution in [1.29, 1.82) is 0 Å². The van der Waals surface area contributed by atoms with E-state index >= 15 is 0 Å². The monoisotopic (exact) mass is 287 g/mol. The summed E-state index contributed by atoms with van der Waals surface area (Å²) in [5, 5.41) is 3.71. The Bertz CT molecular complexity index is 361. The number of nitrogens with one attached hydrogen (secondary N) is 1. The lowest BCUT2D eigenvalue weighted by Gasteiger charge is -2.10. The van der Waals surface area contributed by atoms with Gasteiger partial charge in [-0.2, -0.15) is 0 Å². The van der Waals surface area contributed by atoms with Gasteiger partial charge in [-0.15, -0.1) is 0 Å². The lowest BCUT2D eigenvalue weighted by Crippen LogP contribution is -2.09. The van der Waals surface area contributed by atoms with Gasteiger partial charge in [-0.05, 0) is 31.2 Å². The van der Waals surface area contributed by atoms with Crippen LogP contribution in [0.3, 0.4) is 0 Å². The Balaban J connectivity index is 2.22. The topological polar surface area (TPSA) is 39.7 Å². The highest BCUT2D eigenvalue weighted by molar-refractivity contribution is 6.32. The second-order valence-corrected chi connectivity index (χ2v) is 4.51. The van der Waals surface area contributed by atoms with Crippen molar-refractivity contribution >= 4 is 11.6 Å². The van der Waals surface area contributed by atoms with Gasteiger partial charge in [-0.3, -0.25) is 0 Å². The van der Waals surface area contributed by atoms with Crippen LogP contribution in [-0.4, -0.2) is 40.6 Å². The third kappa shape index (κ3) is 6.78. The standard InChI is InChI=1S/C14H22ClNO3/c1-16-11-12-4-5-14(13(15)10-12)19-9-8-18-7-3-6-17-2/h4-5,10,16H,3,6-9,11H2,1-2H3. The van der Waals surface area contributed by atoms with Gasteiger partial charge in [0.05, 0.1) is 11.6 Å². The molecule has 108 valence electrons. The van der Waals surface area contributed by atoms with E-state index in [9.17, 15) is 0 Å². The number of hydrogen-bond donors (Lipinski definition) is 1. The first-order chi connectivity index (χ1) is 9.27. The molecule has 0 spiro atoms. The minimum atomic E-state index is 0.498. The largest absolute Gasteiger partial charge is 0.490 e. The molecule has 19 heavy (non-hydrogen) atoms. The quantitative estimate of drug-likeness (QED) is 0.671. The molecule has 0 amide bonds. The fourth-order valence-electron chi connectivity index (χ4n) is 1.59. The molecule has 0 fully saturated rings. The van der Waals surface area contributed by atoms with Crippen LogP contribution < -0.4 is 10.1 Å². The van der Waals surface area contributed by atoms with E-state index in [-0.39, 0.29) is 0 Å². The van der Waals surface area contributed by atoms with Gasteiger partial charge >= 0.3 is 0 Å². The molecule has 0 atom stereocenters. The van der Waals surface area contributed by atoms with Crippen molar-refractivity contribution in [2.24, 2.45) is 0 Å². The van der Waals surface area contributed by atoms with Crippen molar-refractivity contribution < 1.29 is 14.2 Å². The molecule has 0 saturated carbocycles. The SMILES string of the molecule is CNCc1ccc(OCCOCCCOC)c(Cl)c1. The summed E-state index contributed by atoms with van der Waals surface area (Å²) in [6.45, 7) is 3.25. The maximum atomic E-state index is 6.14. The summed E-state index contributed by atoms with van der Waals surface area (Å²) in [7, 11) is 3.59. The van der Waals surface area contributed by atoms with Crippen molar-refractivity contribution in [3.63, 3.8) is 0 Å². The van der Waals surface area contributed by atoms with Gasteiger partial charge in [0.1, 0.15) is 12.4 Å². The predicted molar refractivity (Wildman–Crippen MR) is 77.0 cm³/mol. The molecular weight excluding hydrogens is 266 g/mol. The Hall–Kier alpha value is -0.810. The highest BCUT2D eigenvalue weighted by Crippen LogP contribution is 2.25. The molecule has 5 heteroatoms. The molecule has 0 aromatic heterocycles. The molecular formula is C14H22ClNO3. The smallest absolute Gasteiger partial charge is 0.138 e. The van der Waals surface area contributed by atoms with Gasteiger partial charge in [0.15, 0.2) is 0 Å². The van der Waals surface area contributed by atoms with Crippen LogP contribution in [0.15, 0.2) is 18.2 Å². The molecule has 1 aromatic rings. The zero-order valence-electron chi connectivity index (χ0n) is 11.6. The van der Waals surface area contributed by atoms with Crippen LogP contribution in [0.4, 0.5) is 0 Å². The van der Waals surface area contributed by atoms with E-state index in [4.69, 9.17) is 25.8 Å². The predicted octanol–water partition coefficient (Wildman–Crippen LogP) is 2.49. The molecule has 0 aliphatic rings. The normalized spacial score (nSPS) is 10.7. The number of benzene rings is 1. The van der Waals surface area contributed by atoms with Gasteiger partial charge in [0.25, 0.3) is 0 Å². The molecule has 0 unspecified atom stereocenters. The molecule has 0 heterocycles. The van der Waals surface area contributed by atoms with E-state index in [0.29, 0.717) is 30.6 Å². The lowest BCUT2D eigenvalue weighted by atomic mass is 10.2. The number of ether oxygens (including phenoxy) is 3. The number of methoxy groups -OCH3 is 1. The van der Waals surface area contributed by atoms with Crippen LogP contribution in [0.5, 0.6) is 5.75 Å². The molecule has 1 aromatic carbocycles. The Morgan fingerprint density at radius 2 is 2.00 bits per heavy atom. The number of halogens is 1. The average molecular weight is 288 g/mol. The Kier molecular flexibility index (Phi) is 8.58. The number of hydrogen-bond acceptors (Lipinski definition) is 4. The van der Waals surface area contributed by atoms with Crippen LogP contribution >= 0.6 is 11.6 Å². The summed E-state index contributed by atoms with van der Waals surface area (Å²) < 4.78 is 15.9. The van der Waals surface area contributed by atoms with Gasteiger partial charge in [0, 0.05) is 26.9 Å². The first-order valence-corrected chi connectivity index (χ1v) is 6.78. The van der Waals surface area contributed by atoms with Gasteiger partial charge < -0.3 is 19.5 Å². The van der Waals surface area contributed by atoms with Crippen molar-refractivity contribution in [2.45, 2.75) is 13.0 Å². The second kappa shape index (κ2) is 10.0. The molecule has 0 bridgehead atoms. The van der Waals surface area contributed by atoms with E-state index in [1.54, 1.807) is 7.11 Å². The zero-order chi connectivity index (χ0) is 13.9. The van der Waals surface area contributed by atoms with Gasteiger partial charge in [0.2, 0.25) is 0 Å². The van der Waals surface area contributed by atoms with E-state index in [0.717, 1.165) is 25.1 Å². The lowest BCUT2D eigenvalue weighted by molar-refractivity contribution is 0.0807. The van der Waals surface area contributed by atoms with Crippen molar-refractivity contribution in [1.82, 2.24) is 5.32 Å². The summed E-state index contributed by atoms with van der Waals surface area (Å²) in [6.07, 6.45) is 0.899. The first-order valence-electron chi connectivity index (χ1n) is 6.40. The second-order valence-electron chi connectivity index (χ2n) is 4.10. The highest BCUT2D eigenvalue weighted by atomic mass is 35.5. The van der Waals surface area contributed by atoms with Gasteiger partial charge in [-0.1, -0.05) is 17.7 Å². The maximum Gasteiger partial charge on any atom is 0.138 e. The van der Waals surface area contributed by atoms with E-state index in [2.05, 4.69) is 5.32 Å². The third-order valence-electron chi connectivity index (χ3n) is 2.50. The Labute approximate surface area is 120 Å². The third-order valence-corrected chi connectivity index (χ3v) is 2.79.